The van der Waals surface area contributed by atoms with Crippen LogP contribution in [0.3, 0.4) is 0 Å². The SMILES string of the molecule is Cc1[nH]n(CCc2ccccc2)c(=O)c1C1c2ccccc2OC(=O)N1C. The van der Waals surface area contributed by atoms with Crippen LogP contribution in [0.5, 0.6) is 5.75 Å². The Morgan fingerprint density at radius 3 is 2.52 bits per heavy atom. The first kappa shape index (κ1) is 17.1. The number of aromatic nitrogens is 2. The third-order valence-corrected chi connectivity index (χ3v) is 5.01. The van der Waals surface area contributed by atoms with Crippen molar-refractivity contribution in [3.8, 4) is 5.75 Å². The second-order valence-electron chi connectivity index (χ2n) is 6.76. The molecule has 1 amide bonds. The van der Waals surface area contributed by atoms with Gasteiger partial charge in [0.05, 0.1) is 11.6 Å². The first-order valence-corrected chi connectivity index (χ1v) is 8.93. The van der Waals surface area contributed by atoms with Gasteiger partial charge >= 0.3 is 6.09 Å². The van der Waals surface area contributed by atoms with Crippen molar-refractivity contribution in [3.63, 3.8) is 0 Å². The zero-order valence-corrected chi connectivity index (χ0v) is 15.3. The highest BCUT2D eigenvalue weighted by Crippen LogP contribution is 2.37. The summed E-state index contributed by atoms with van der Waals surface area (Å²) in [6.45, 7) is 2.42. The summed E-state index contributed by atoms with van der Waals surface area (Å²) in [4.78, 5) is 26.9. The van der Waals surface area contributed by atoms with E-state index in [9.17, 15) is 9.59 Å². The molecule has 27 heavy (non-hydrogen) atoms. The molecule has 0 fully saturated rings. The van der Waals surface area contributed by atoms with Crippen molar-refractivity contribution in [1.29, 1.82) is 0 Å². The van der Waals surface area contributed by atoms with Gasteiger partial charge in [-0.25, -0.2) is 4.79 Å². The van der Waals surface area contributed by atoms with Gasteiger partial charge in [-0.15, -0.1) is 0 Å². The van der Waals surface area contributed by atoms with Gasteiger partial charge < -0.3 is 4.74 Å². The summed E-state index contributed by atoms with van der Waals surface area (Å²) in [6, 6.07) is 16.9. The van der Waals surface area contributed by atoms with E-state index in [1.165, 1.54) is 10.5 Å². The number of carbonyl (C=O) groups is 1. The molecular formula is C21H21N3O3. The maximum absolute atomic E-state index is 13.1. The Morgan fingerprint density at radius 2 is 1.74 bits per heavy atom. The smallest absolute Gasteiger partial charge is 0.410 e. The maximum Gasteiger partial charge on any atom is 0.415 e. The number of hydrogen-bond donors (Lipinski definition) is 1. The standard InChI is InChI=1S/C21H21N3O3/c1-14-18(19-16-10-6-7-11-17(16)27-21(26)23(19)2)20(25)24(22-14)13-12-15-8-4-3-5-9-15/h3-11,19,22H,12-13H2,1-2H3. The number of aryl methyl sites for hydroxylation is 3. The minimum absolute atomic E-state index is 0.107. The number of amides is 1. The van der Waals surface area contributed by atoms with Crippen molar-refractivity contribution in [1.82, 2.24) is 14.7 Å². The Labute approximate surface area is 157 Å². The average molecular weight is 363 g/mol. The molecule has 6 heteroatoms. The number of fused-ring (bicyclic) bond motifs is 1. The summed E-state index contributed by atoms with van der Waals surface area (Å²) < 4.78 is 6.97. The van der Waals surface area contributed by atoms with Gasteiger partial charge in [0.25, 0.3) is 5.56 Å². The van der Waals surface area contributed by atoms with Crippen molar-refractivity contribution in [2.45, 2.75) is 25.9 Å². The van der Waals surface area contributed by atoms with Gasteiger partial charge in [0.1, 0.15) is 5.75 Å². The molecule has 1 aliphatic rings. The molecular weight excluding hydrogens is 342 g/mol. The molecule has 0 spiro atoms. The van der Waals surface area contributed by atoms with Gasteiger partial charge in [0.15, 0.2) is 0 Å². The molecule has 6 nitrogen and oxygen atoms in total. The highest BCUT2D eigenvalue weighted by molar-refractivity contribution is 5.75. The number of carbonyl (C=O) groups excluding carboxylic acids is 1. The Morgan fingerprint density at radius 1 is 1.04 bits per heavy atom. The molecule has 1 unspecified atom stereocenters. The molecule has 3 aromatic rings. The van der Waals surface area contributed by atoms with E-state index in [0.29, 0.717) is 17.9 Å². The van der Waals surface area contributed by atoms with E-state index in [1.807, 2.05) is 55.5 Å². The number of nitrogens with zero attached hydrogens (tertiary/aromatic N) is 2. The zero-order valence-electron chi connectivity index (χ0n) is 15.3. The number of aromatic amines is 1. The van der Waals surface area contributed by atoms with Gasteiger partial charge in [-0.2, -0.15) is 0 Å². The van der Waals surface area contributed by atoms with E-state index in [2.05, 4.69) is 5.10 Å². The van der Waals surface area contributed by atoms with Crippen LogP contribution in [0.4, 0.5) is 4.79 Å². The lowest BCUT2D eigenvalue weighted by Gasteiger charge is -2.32. The molecule has 0 saturated heterocycles. The Balaban J connectivity index is 1.71. The van der Waals surface area contributed by atoms with E-state index >= 15 is 0 Å². The third kappa shape index (κ3) is 3.03. The van der Waals surface area contributed by atoms with E-state index in [1.54, 1.807) is 17.8 Å². The van der Waals surface area contributed by atoms with Crippen molar-refractivity contribution in [2.24, 2.45) is 0 Å². The molecule has 0 radical (unpaired) electrons. The monoisotopic (exact) mass is 363 g/mol. The third-order valence-electron chi connectivity index (χ3n) is 5.01. The van der Waals surface area contributed by atoms with Crippen LogP contribution in [0.2, 0.25) is 0 Å². The number of hydrogen-bond acceptors (Lipinski definition) is 3. The van der Waals surface area contributed by atoms with Gasteiger partial charge in [-0.05, 0) is 25.0 Å². The summed E-state index contributed by atoms with van der Waals surface area (Å²) in [5, 5.41) is 3.17. The largest absolute Gasteiger partial charge is 0.415 e. The minimum Gasteiger partial charge on any atom is -0.410 e. The number of rotatable bonds is 4. The molecule has 2 aromatic carbocycles. The Hall–Kier alpha value is -3.28. The summed E-state index contributed by atoms with van der Waals surface area (Å²) in [6.07, 6.45) is 0.286. The quantitative estimate of drug-likeness (QED) is 0.774. The number of para-hydroxylation sites is 1. The van der Waals surface area contributed by atoms with Crippen LogP contribution in [0.25, 0.3) is 0 Å². The Kier molecular flexibility index (Phi) is 4.32. The van der Waals surface area contributed by atoms with Gasteiger partial charge in [-0.3, -0.25) is 19.5 Å². The second-order valence-corrected chi connectivity index (χ2v) is 6.76. The van der Waals surface area contributed by atoms with Crippen molar-refractivity contribution >= 4 is 6.09 Å². The average Bonchev–Trinajstić information content (AvgIpc) is 2.96. The van der Waals surface area contributed by atoms with Crippen molar-refractivity contribution in [2.75, 3.05) is 7.05 Å². The highest BCUT2D eigenvalue weighted by Gasteiger charge is 2.36. The lowest BCUT2D eigenvalue weighted by Crippen LogP contribution is -2.40. The predicted molar refractivity (Wildman–Crippen MR) is 102 cm³/mol. The predicted octanol–water partition coefficient (Wildman–Crippen LogP) is 3.26. The topological polar surface area (TPSA) is 67.3 Å². The number of nitrogens with one attached hydrogen (secondary N) is 1. The fourth-order valence-electron chi connectivity index (χ4n) is 3.61. The Bertz CT molecular complexity index is 1040. The number of ether oxygens (including phenoxy) is 1. The lowest BCUT2D eigenvalue weighted by atomic mass is 9.96. The van der Waals surface area contributed by atoms with Crippen LogP contribution in [-0.2, 0) is 13.0 Å². The van der Waals surface area contributed by atoms with Crippen LogP contribution >= 0.6 is 0 Å². The zero-order chi connectivity index (χ0) is 19.0. The minimum atomic E-state index is -0.468. The molecule has 1 aromatic heterocycles. The maximum atomic E-state index is 13.1. The van der Waals surface area contributed by atoms with Crippen LogP contribution < -0.4 is 10.3 Å². The van der Waals surface area contributed by atoms with E-state index < -0.39 is 12.1 Å². The molecule has 4 rings (SSSR count). The molecule has 138 valence electrons. The molecule has 0 saturated carbocycles. The van der Waals surface area contributed by atoms with Gasteiger partial charge in [-0.1, -0.05) is 48.5 Å². The van der Waals surface area contributed by atoms with Crippen molar-refractivity contribution in [3.05, 3.63) is 87.3 Å². The lowest BCUT2D eigenvalue weighted by molar-refractivity contribution is 0.140. The van der Waals surface area contributed by atoms with Gasteiger partial charge in [0, 0.05) is 24.8 Å². The van der Waals surface area contributed by atoms with E-state index in [-0.39, 0.29) is 5.56 Å². The first-order chi connectivity index (χ1) is 13.1. The summed E-state index contributed by atoms with van der Waals surface area (Å²) in [7, 11) is 1.66. The number of H-pyrrole nitrogens is 1. The molecule has 1 atom stereocenters. The number of benzene rings is 2. The molecule has 1 N–H and O–H groups in total. The van der Waals surface area contributed by atoms with E-state index in [4.69, 9.17) is 4.74 Å². The fraction of sp³-hybridized carbons (Fsp3) is 0.238. The summed E-state index contributed by atoms with van der Waals surface area (Å²) in [5.41, 5.74) is 3.21. The molecule has 0 aliphatic carbocycles. The fourth-order valence-corrected chi connectivity index (χ4v) is 3.61. The normalized spacial score (nSPS) is 16.1. The summed E-state index contributed by atoms with van der Waals surface area (Å²) >= 11 is 0. The highest BCUT2D eigenvalue weighted by atomic mass is 16.6. The molecule has 1 aliphatic heterocycles. The van der Waals surface area contributed by atoms with Crippen LogP contribution in [0.15, 0.2) is 59.4 Å². The molecule has 0 bridgehead atoms. The molecule has 2 heterocycles. The summed E-state index contributed by atoms with van der Waals surface area (Å²) in [5.74, 6) is 0.501. The van der Waals surface area contributed by atoms with Crippen LogP contribution in [-0.4, -0.2) is 27.8 Å². The van der Waals surface area contributed by atoms with E-state index in [0.717, 1.165) is 17.7 Å². The van der Waals surface area contributed by atoms with Crippen LogP contribution in [0, 0.1) is 6.92 Å². The first-order valence-electron chi connectivity index (χ1n) is 8.93. The van der Waals surface area contributed by atoms with Crippen LogP contribution in [0.1, 0.15) is 28.4 Å². The van der Waals surface area contributed by atoms with Crippen molar-refractivity contribution < 1.29 is 9.53 Å². The van der Waals surface area contributed by atoms with Gasteiger partial charge in [0.2, 0.25) is 0 Å². The second kappa shape index (κ2) is 6.79.